The van der Waals surface area contributed by atoms with Gasteiger partial charge in [0.15, 0.2) is 5.76 Å². The van der Waals surface area contributed by atoms with Gasteiger partial charge in [-0.3, -0.25) is 14.9 Å². The first kappa shape index (κ1) is 17.1. The van der Waals surface area contributed by atoms with Crippen LogP contribution in [0.15, 0.2) is 59.0 Å². The number of furan rings is 1. The molecule has 0 fully saturated rings. The van der Waals surface area contributed by atoms with Crippen molar-refractivity contribution in [3.8, 4) is 11.3 Å². The van der Waals surface area contributed by atoms with Crippen LogP contribution in [0.3, 0.4) is 0 Å². The fraction of sp³-hybridized carbons (Fsp3) is 0. The molecular formula is C17H10FIN2O4. The van der Waals surface area contributed by atoms with E-state index in [4.69, 9.17) is 4.42 Å². The standard InChI is InChI=1S/C17H10FIN2O4/c18-13-9-11(19)4-5-14(13)20-17(22)16-7-6-15(25-16)10-2-1-3-12(8-10)21(23)24/h1-9H,(H,20,22). The molecule has 0 aliphatic carbocycles. The van der Waals surface area contributed by atoms with Crippen molar-refractivity contribution in [2.24, 2.45) is 0 Å². The van der Waals surface area contributed by atoms with Crippen LogP contribution >= 0.6 is 22.6 Å². The molecule has 25 heavy (non-hydrogen) atoms. The molecule has 0 bridgehead atoms. The summed E-state index contributed by atoms with van der Waals surface area (Å²) in [6.45, 7) is 0. The number of anilines is 1. The van der Waals surface area contributed by atoms with E-state index in [9.17, 15) is 19.3 Å². The predicted molar refractivity (Wildman–Crippen MR) is 97.9 cm³/mol. The lowest BCUT2D eigenvalue weighted by Gasteiger charge is -2.05. The number of non-ortho nitro benzene ring substituents is 1. The third-order valence-corrected chi connectivity index (χ3v) is 4.02. The Hall–Kier alpha value is -2.75. The minimum absolute atomic E-state index is 0.0283. The van der Waals surface area contributed by atoms with Gasteiger partial charge in [-0.15, -0.1) is 0 Å². The topological polar surface area (TPSA) is 85.4 Å². The number of nitro groups is 1. The molecule has 2 aromatic carbocycles. The van der Waals surface area contributed by atoms with E-state index in [0.717, 1.165) is 0 Å². The Labute approximate surface area is 154 Å². The number of nitrogens with zero attached hydrogens (tertiary/aromatic N) is 1. The van der Waals surface area contributed by atoms with Gasteiger partial charge >= 0.3 is 0 Å². The molecule has 0 aliphatic rings. The quantitative estimate of drug-likeness (QED) is 0.349. The minimum Gasteiger partial charge on any atom is -0.451 e. The number of carbonyl (C=O) groups excluding carboxylic acids is 1. The van der Waals surface area contributed by atoms with Gasteiger partial charge in [0.2, 0.25) is 0 Å². The van der Waals surface area contributed by atoms with E-state index in [0.29, 0.717) is 14.9 Å². The van der Waals surface area contributed by atoms with Crippen molar-refractivity contribution in [2.45, 2.75) is 0 Å². The number of nitro benzene ring substituents is 1. The largest absolute Gasteiger partial charge is 0.451 e. The molecule has 1 amide bonds. The van der Waals surface area contributed by atoms with Crippen molar-refractivity contribution < 1.29 is 18.5 Å². The average molecular weight is 452 g/mol. The summed E-state index contributed by atoms with van der Waals surface area (Å²) in [5.74, 6) is -0.890. The van der Waals surface area contributed by atoms with Crippen LogP contribution in [0.1, 0.15) is 10.6 Å². The SMILES string of the molecule is O=C(Nc1ccc(I)cc1F)c1ccc(-c2cccc([N+](=O)[O-])c2)o1. The maximum absolute atomic E-state index is 13.8. The van der Waals surface area contributed by atoms with Crippen LogP contribution in [0, 0.1) is 19.5 Å². The number of halogens is 2. The van der Waals surface area contributed by atoms with Crippen molar-refractivity contribution in [1.82, 2.24) is 0 Å². The van der Waals surface area contributed by atoms with E-state index in [1.165, 1.54) is 42.5 Å². The molecule has 1 heterocycles. The van der Waals surface area contributed by atoms with Crippen LogP contribution < -0.4 is 5.32 Å². The minimum atomic E-state index is -0.614. The summed E-state index contributed by atoms with van der Waals surface area (Å²) in [4.78, 5) is 22.5. The van der Waals surface area contributed by atoms with Gasteiger partial charge in [-0.05, 0) is 52.9 Å². The Morgan fingerprint density at radius 1 is 1.16 bits per heavy atom. The van der Waals surface area contributed by atoms with Crippen LogP contribution in [0.5, 0.6) is 0 Å². The van der Waals surface area contributed by atoms with Gasteiger partial charge in [-0.1, -0.05) is 12.1 Å². The molecule has 8 heteroatoms. The number of rotatable bonds is 4. The summed E-state index contributed by atoms with van der Waals surface area (Å²) in [6, 6.07) is 13.2. The highest BCUT2D eigenvalue weighted by atomic mass is 127. The van der Waals surface area contributed by atoms with Gasteiger partial charge in [0.25, 0.3) is 11.6 Å². The molecule has 0 unspecified atom stereocenters. The normalized spacial score (nSPS) is 10.5. The summed E-state index contributed by atoms with van der Waals surface area (Å²) in [6.07, 6.45) is 0. The number of carbonyl (C=O) groups is 1. The van der Waals surface area contributed by atoms with Gasteiger partial charge in [-0.2, -0.15) is 0 Å². The second kappa shape index (κ2) is 7.01. The highest BCUT2D eigenvalue weighted by Crippen LogP contribution is 2.26. The molecule has 1 aromatic heterocycles. The lowest BCUT2D eigenvalue weighted by Crippen LogP contribution is -2.12. The fourth-order valence-electron chi connectivity index (χ4n) is 2.16. The molecule has 3 aromatic rings. The molecule has 126 valence electrons. The number of amides is 1. The third-order valence-electron chi connectivity index (χ3n) is 3.35. The molecule has 1 N–H and O–H groups in total. The molecule has 3 rings (SSSR count). The van der Waals surface area contributed by atoms with E-state index < -0.39 is 16.6 Å². The van der Waals surface area contributed by atoms with Gasteiger partial charge in [-0.25, -0.2) is 4.39 Å². The lowest BCUT2D eigenvalue weighted by molar-refractivity contribution is -0.384. The number of benzene rings is 2. The second-order valence-electron chi connectivity index (χ2n) is 5.05. The number of nitrogens with one attached hydrogen (secondary N) is 1. The average Bonchev–Trinajstić information content (AvgIpc) is 3.07. The van der Waals surface area contributed by atoms with Crippen molar-refractivity contribution in [1.29, 1.82) is 0 Å². The van der Waals surface area contributed by atoms with Gasteiger partial charge in [0.05, 0.1) is 10.6 Å². The summed E-state index contributed by atoms with van der Waals surface area (Å²) in [5.41, 5.74) is 0.424. The molecule has 0 saturated carbocycles. The van der Waals surface area contributed by atoms with E-state index in [1.807, 2.05) is 22.6 Å². The summed E-state index contributed by atoms with van der Waals surface area (Å²) < 4.78 is 20.0. The zero-order valence-corrected chi connectivity index (χ0v) is 14.7. The van der Waals surface area contributed by atoms with Gasteiger partial charge in [0, 0.05) is 21.3 Å². The predicted octanol–water partition coefficient (Wildman–Crippen LogP) is 4.85. The zero-order chi connectivity index (χ0) is 18.0. The maximum Gasteiger partial charge on any atom is 0.291 e. The Bertz CT molecular complexity index is 971. The summed E-state index contributed by atoms with van der Waals surface area (Å²) in [5, 5.41) is 13.3. The van der Waals surface area contributed by atoms with Gasteiger partial charge < -0.3 is 9.73 Å². The van der Waals surface area contributed by atoms with Crippen molar-refractivity contribution in [3.05, 3.63) is 79.9 Å². The molecule has 0 atom stereocenters. The molecule has 0 radical (unpaired) electrons. The Balaban J connectivity index is 1.82. The third kappa shape index (κ3) is 3.85. The van der Waals surface area contributed by atoms with Crippen LogP contribution in [0.25, 0.3) is 11.3 Å². The first-order valence-corrected chi connectivity index (χ1v) is 8.13. The summed E-state index contributed by atoms with van der Waals surface area (Å²) >= 11 is 1.97. The molecular weight excluding hydrogens is 442 g/mol. The fourth-order valence-corrected chi connectivity index (χ4v) is 2.62. The molecule has 6 nitrogen and oxygen atoms in total. The van der Waals surface area contributed by atoms with E-state index in [-0.39, 0.29) is 17.1 Å². The monoisotopic (exact) mass is 452 g/mol. The smallest absolute Gasteiger partial charge is 0.291 e. The Morgan fingerprint density at radius 2 is 1.96 bits per heavy atom. The first-order valence-electron chi connectivity index (χ1n) is 7.05. The Morgan fingerprint density at radius 3 is 2.68 bits per heavy atom. The second-order valence-corrected chi connectivity index (χ2v) is 6.30. The van der Waals surface area contributed by atoms with Crippen molar-refractivity contribution in [3.63, 3.8) is 0 Å². The van der Waals surface area contributed by atoms with Gasteiger partial charge in [0.1, 0.15) is 11.6 Å². The zero-order valence-electron chi connectivity index (χ0n) is 12.5. The Kier molecular flexibility index (Phi) is 4.79. The van der Waals surface area contributed by atoms with Crippen LogP contribution in [0.4, 0.5) is 15.8 Å². The van der Waals surface area contributed by atoms with Crippen LogP contribution in [-0.4, -0.2) is 10.8 Å². The summed E-state index contributed by atoms with van der Waals surface area (Å²) in [7, 11) is 0. The lowest BCUT2D eigenvalue weighted by atomic mass is 10.1. The number of hydrogen-bond acceptors (Lipinski definition) is 4. The van der Waals surface area contributed by atoms with Crippen LogP contribution in [0.2, 0.25) is 0 Å². The maximum atomic E-state index is 13.8. The van der Waals surface area contributed by atoms with Crippen LogP contribution in [-0.2, 0) is 0 Å². The molecule has 0 aliphatic heterocycles. The van der Waals surface area contributed by atoms with E-state index in [1.54, 1.807) is 12.1 Å². The van der Waals surface area contributed by atoms with E-state index in [2.05, 4.69) is 5.32 Å². The van der Waals surface area contributed by atoms with Crippen molar-refractivity contribution >= 4 is 39.9 Å². The number of hydrogen-bond donors (Lipinski definition) is 1. The highest BCUT2D eigenvalue weighted by molar-refractivity contribution is 14.1. The highest BCUT2D eigenvalue weighted by Gasteiger charge is 2.16. The molecule has 0 saturated heterocycles. The van der Waals surface area contributed by atoms with Crippen molar-refractivity contribution in [2.75, 3.05) is 5.32 Å². The first-order chi connectivity index (χ1) is 11.9. The van der Waals surface area contributed by atoms with E-state index >= 15 is 0 Å². The molecule has 0 spiro atoms.